The SMILES string of the molecule is C[C@H](OC(=O)c1ccc(-c2cccc(C(F)(F)F)c2)o1)C(=O)N1CCOCC1. The number of hydrogen-bond donors (Lipinski definition) is 0. The first-order chi connectivity index (χ1) is 13.3. The van der Waals surface area contributed by atoms with E-state index in [1.165, 1.54) is 36.1 Å². The molecule has 1 aromatic heterocycles. The summed E-state index contributed by atoms with van der Waals surface area (Å²) in [5, 5.41) is 0. The summed E-state index contributed by atoms with van der Waals surface area (Å²) in [5.74, 6) is -1.33. The minimum atomic E-state index is -4.49. The molecule has 0 spiro atoms. The molecule has 1 fully saturated rings. The Balaban J connectivity index is 1.68. The number of carbonyl (C=O) groups excluding carboxylic acids is 2. The van der Waals surface area contributed by atoms with Crippen LogP contribution in [0.3, 0.4) is 0 Å². The summed E-state index contributed by atoms with van der Waals surface area (Å²) in [7, 11) is 0. The van der Waals surface area contributed by atoms with Gasteiger partial charge in [-0.05, 0) is 31.2 Å². The van der Waals surface area contributed by atoms with E-state index in [4.69, 9.17) is 13.9 Å². The van der Waals surface area contributed by atoms with E-state index >= 15 is 0 Å². The standard InChI is InChI=1S/C19H18F3NO5/c1-12(17(24)23-7-9-26-10-8-23)27-18(25)16-6-5-15(28-16)13-3-2-4-14(11-13)19(20,21)22/h2-6,11-12H,7-10H2,1H3/t12-/m0/s1. The molecule has 1 aromatic carbocycles. The number of esters is 1. The average Bonchev–Trinajstić information content (AvgIpc) is 3.18. The highest BCUT2D eigenvalue weighted by Gasteiger charge is 2.31. The molecule has 1 aliphatic heterocycles. The first kappa shape index (κ1) is 19.9. The van der Waals surface area contributed by atoms with Crippen LogP contribution in [0, 0.1) is 0 Å². The quantitative estimate of drug-likeness (QED) is 0.740. The van der Waals surface area contributed by atoms with Gasteiger partial charge in [0, 0.05) is 18.7 Å². The Morgan fingerprint density at radius 1 is 1.14 bits per heavy atom. The van der Waals surface area contributed by atoms with Gasteiger partial charge in [0.2, 0.25) is 5.76 Å². The number of rotatable bonds is 4. The summed E-state index contributed by atoms with van der Waals surface area (Å²) in [6.07, 6.45) is -5.51. The molecule has 1 aliphatic rings. The summed E-state index contributed by atoms with van der Waals surface area (Å²) in [6.45, 7) is 3.13. The molecular formula is C19H18F3NO5. The molecule has 6 nitrogen and oxygen atoms in total. The Bertz CT molecular complexity index is 855. The van der Waals surface area contributed by atoms with Gasteiger partial charge in [-0.3, -0.25) is 4.79 Å². The van der Waals surface area contributed by atoms with Crippen molar-refractivity contribution in [1.82, 2.24) is 4.90 Å². The van der Waals surface area contributed by atoms with E-state index in [9.17, 15) is 22.8 Å². The fraction of sp³-hybridized carbons (Fsp3) is 0.368. The normalized spacial score (nSPS) is 15.9. The highest BCUT2D eigenvalue weighted by atomic mass is 19.4. The zero-order valence-electron chi connectivity index (χ0n) is 15.0. The van der Waals surface area contributed by atoms with Crippen LogP contribution in [0.5, 0.6) is 0 Å². The van der Waals surface area contributed by atoms with Crippen LogP contribution in [-0.2, 0) is 20.4 Å². The minimum Gasteiger partial charge on any atom is -0.449 e. The summed E-state index contributed by atoms with van der Waals surface area (Å²) in [5.41, 5.74) is -0.651. The molecule has 2 heterocycles. The van der Waals surface area contributed by atoms with E-state index in [0.717, 1.165) is 12.1 Å². The van der Waals surface area contributed by atoms with Gasteiger partial charge in [-0.25, -0.2) is 4.79 Å². The monoisotopic (exact) mass is 397 g/mol. The number of nitrogens with zero attached hydrogens (tertiary/aromatic N) is 1. The first-order valence-corrected chi connectivity index (χ1v) is 8.60. The number of halogens is 3. The minimum absolute atomic E-state index is 0.0882. The zero-order chi connectivity index (χ0) is 20.3. The van der Waals surface area contributed by atoms with Crippen LogP contribution >= 0.6 is 0 Å². The number of furan rings is 1. The maximum atomic E-state index is 12.8. The second kappa shape index (κ2) is 8.05. The number of hydrogen-bond acceptors (Lipinski definition) is 5. The van der Waals surface area contributed by atoms with Crippen molar-refractivity contribution in [3.8, 4) is 11.3 Å². The Hall–Kier alpha value is -2.81. The molecule has 0 N–H and O–H groups in total. The molecule has 0 saturated carbocycles. The van der Waals surface area contributed by atoms with Crippen molar-refractivity contribution >= 4 is 11.9 Å². The number of benzene rings is 1. The van der Waals surface area contributed by atoms with Gasteiger partial charge in [-0.1, -0.05) is 12.1 Å². The molecule has 0 unspecified atom stereocenters. The van der Waals surface area contributed by atoms with E-state index < -0.39 is 23.8 Å². The summed E-state index contributed by atoms with van der Waals surface area (Å²) in [6, 6.07) is 7.24. The van der Waals surface area contributed by atoms with Crippen molar-refractivity contribution in [2.75, 3.05) is 26.3 Å². The fourth-order valence-electron chi connectivity index (χ4n) is 2.76. The number of amides is 1. The number of ether oxygens (including phenoxy) is 2. The highest BCUT2D eigenvalue weighted by molar-refractivity contribution is 5.90. The van der Waals surface area contributed by atoms with Gasteiger partial charge in [-0.2, -0.15) is 13.2 Å². The lowest BCUT2D eigenvalue weighted by Gasteiger charge is -2.28. The predicted molar refractivity (Wildman–Crippen MR) is 91.4 cm³/mol. The van der Waals surface area contributed by atoms with E-state index in [1.807, 2.05) is 0 Å². The topological polar surface area (TPSA) is 69.0 Å². The second-order valence-corrected chi connectivity index (χ2v) is 6.23. The van der Waals surface area contributed by atoms with Crippen molar-refractivity contribution in [2.45, 2.75) is 19.2 Å². The molecule has 1 atom stereocenters. The molecule has 28 heavy (non-hydrogen) atoms. The van der Waals surface area contributed by atoms with Gasteiger partial charge in [0.05, 0.1) is 18.8 Å². The van der Waals surface area contributed by atoms with Gasteiger partial charge in [0.25, 0.3) is 5.91 Å². The Labute approximate surface area is 158 Å². The lowest BCUT2D eigenvalue weighted by molar-refractivity contribution is -0.143. The summed E-state index contributed by atoms with van der Waals surface area (Å²) in [4.78, 5) is 26.0. The Kier molecular flexibility index (Phi) is 5.73. The lowest BCUT2D eigenvalue weighted by atomic mass is 10.1. The third kappa shape index (κ3) is 4.53. The predicted octanol–water partition coefficient (Wildman–Crippen LogP) is 3.37. The van der Waals surface area contributed by atoms with Crippen LogP contribution < -0.4 is 0 Å². The summed E-state index contributed by atoms with van der Waals surface area (Å²) < 4.78 is 54.2. The van der Waals surface area contributed by atoms with Gasteiger partial charge in [0.15, 0.2) is 6.10 Å². The number of carbonyl (C=O) groups is 2. The summed E-state index contributed by atoms with van der Waals surface area (Å²) >= 11 is 0. The largest absolute Gasteiger partial charge is 0.449 e. The fourth-order valence-corrected chi connectivity index (χ4v) is 2.76. The smallest absolute Gasteiger partial charge is 0.416 e. The third-order valence-electron chi connectivity index (χ3n) is 4.24. The Morgan fingerprint density at radius 3 is 2.54 bits per heavy atom. The molecule has 9 heteroatoms. The molecule has 2 aromatic rings. The Morgan fingerprint density at radius 2 is 1.86 bits per heavy atom. The van der Waals surface area contributed by atoms with Crippen molar-refractivity contribution in [3.05, 3.63) is 47.7 Å². The van der Waals surface area contributed by atoms with Crippen LogP contribution in [0.2, 0.25) is 0 Å². The van der Waals surface area contributed by atoms with Crippen LogP contribution in [-0.4, -0.2) is 49.2 Å². The molecule has 0 aliphatic carbocycles. The second-order valence-electron chi connectivity index (χ2n) is 6.23. The van der Waals surface area contributed by atoms with Crippen LogP contribution in [0.25, 0.3) is 11.3 Å². The molecule has 0 bridgehead atoms. The zero-order valence-corrected chi connectivity index (χ0v) is 15.0. The van der Waals surface area contributed by atoms with E-state index in [0.29, 0.717) is 26.3 Å². The average molecular weight is 397 g/mol. The van der Waals surface area contributed by atoms with Gasteiger partial charge in [-0.15, -0.1) is 0 Å². The third-order valence-corrected chi connectivity index (χ3v) is 4.24. The van der Waals surface area contributed by atoms with Crippen molar-refractivity contribution in [1.29, 1.82) is 0 Å². The maximum absolute atomic E-state index is 12.8. The van der Waals surface area contributed by atoms with Crippen LogP contribution in [0.4, 0.5) is 13.2 Å². The van der Waals surface area contributed by atoms with E-state index in [1.54, 1.807) is 0 Å². The van der Waals surface area contributed by atoms with Crippen molar-refractivity contribution in [3.63, 3.8) is 0 Å². The van der Waals surface area contributed by atoms with Crippen molar-refractivity contribution in [2.24, 2.45) is 0 Å². The van der Waals surface area contributed by atoms with E-state index in [-0.39, 0.29) is 23.0 Å². The molecular weight excluding hydrogens is 379 g/mol. The molecule has 1 amide bonds. The highest BCUT2D eigenvalue weighted by Crippen LogP contribution is 2.32. The first-order valence-electron chi connectivity index (χ1n) is 8.60. The molecule has 150 valence electrons. The molecule has 1 saturated heterocycles. The van der Waals surface area contributed by atoms with Gasteiger partial charge < -0.3 is 18.8 Å². The number of alkyl halides is 3. The lowest BCUT2D eigenvalue weighted by Crippen LogP contribution is -2.46. The molecule has 0 radical (unpaired) electrons. The van der Waals surface area contributed by atoms with Gasteiger partial charge in [0.1, 0.15) is 5.76 Å². The number of morpholine rings is 1. The van der Waals surface area contributed by atoms with Crippen molar-refractivity contribution < 1.29 is 36.7 Å². The molecule has 3 rings (SSSR count). The van der Waals surface area contributed by atoms with Gasteiger partial charge >= 0.3 is 12.1 Å². The van der Waals surface area contributed by atoms with Crippen LogP contribution in [0.1, 0.15) is 23.0 Å². The maximum Gasteiger partial charge on any atom is 0.416 e. The van der Waals surface area contributed by atoms with E-state index in [2.05, 4.69) is 0 Å². The van der Waals surface area contributed by atoms with Crippen LogP contribution in [0.15, 0.2) is 40.8 Å².